The summed E-state index contributed by atoms with van der Waals surface area (Å²) in [4.78, 5) is 50.2. The fourth-order valence-corrected chi connectivity index (χ4v) is 6.39. The lowest BCUT2D eigenvalue weighted by Gasteiger charge is -2.23. The van der Waals surface area contributed by atoms with Crippen molar-refractivity contribution < 1.29 is 32.7 Å². The van der Waals surface area contributed by atoms with Crippen molar-refractivity contribution in [2.75, 3.05) is 32.1 Å². The van der Waals surface area contributed by atoms with Crippen LogP contribution >= 0.6 is 19.5 Å². The molecule has 232 valence electrons. The number of nitrogens with zero attached hydrogens (tertiary/aromatic N) is 1. The number of H-pyrrole nitrogens is 1. The van der Waals surface area contributed by atoms with Crippen LogP contribution < -0.4 is 21.7 Å². The van der Waals surface area contributed by atoms with E-state index in [0.29, 0.717) is 6.42 Å². The second kappa shape index (κ2) is 15.6. The van der Waals surface area contributed by atoms with E-state index >= 15 is 0 Å². The number of benzene rings is 1. The van der Waals surface area contributed by atoms with Crippen LogP contribution in [-0.2, 0) is 34.4 Å². The fraction of sp³-hybridized carbons (Fsp3) is 0.556. The number of hydrogen-bond acceptors (Lipinski definition) is 10. The molecule has 3 N–H and O–H groups in total. The molecule has 0 bridgehead atoms. The molecule has 42 heavy (non-hydrogen) atoms. The predicted octanol–water partition coefficient (Wildman–Crippen LogP) is 3.42. The molecule has 0 radical (unpaired) electrons. The van der Waals surface area contributed by atoms with E-state index < -0.39 is 42.8 Å². The molecule has 4 atom stereocenters. The maximum absolute atomic E-state index is 13.7. The SMILES string of the molecule is CCOC(=O)NCC(C)(C)C(=O)SCCOP(=O)(NCc1ccccc1)OC[C@@H]1C[C@H](C)[C@H](n2ccc(=O)[nH]c2=O)O1. The van der Waals surface area contributed by atoms with Crippen LogP contribution in [0.5, 0.6) is 0 Å². The number of alkyl carbamates (subject to hydrolysis) is 1. The molecular formula is C27H39N4O9PS. The molecule has 1 saturated heterocycles. The number of rotatable bonds is 15. The largest absolute Gasteiger partial charge is 0.450 e. The lowest BCUT2D eigenvalue weighted by molar-refractivity contribution is -0.117. The van der Waals surface area contributed by atoms with Gasteiger partial charge in [0.2, 0.25) is 0 Å². The monoisotopic (exact) mass is 626 g/mol. The Labute approximate surface area is 248 Å². The second-order valence-electron chi connectivity index (χ2n) is 10.4. The summed E-state index contributed by atoms with van der Waals surface area (Å²) in [6, 6.07) is 10.6. The molecule has 3 rings (SSSR count). The summed E-state index contributed by atoms with van der Waals surface area (Å²) in [7, 11) is -3.84. The molecule has 1 aromatic carbocycles. The molecule has 13 nitrogen and oxygen atoms in total. The molecule has 0 spiro atoms. The van der Waals surface area contributed by atoms with Crippen molar-refractivity contribution in [1.29, 1.82) is 0 Å². The van der Waals surface area contributed by atoms with Crippen molar-refractivity contribution in [3.05, 3.63) is 69.0 Å². The smallest absolute Gasteiger partial charge is 0.407 e. The second-order valence-corrected chi connectivity index (χ2v) is 13.3. The Morgan fingerprint density at radius 2 is 1.93 bits per heavy atom. The van der Waals surface area contributed by atoms with E-state index in [0.717, 1.165) is 17.3 Å². The third-order valence-corrected chi connectivity index (χ3v) is 9.15. The standard InChI is InChI=1S/C27H39N4O9PS/c1-5-37-26(35)28-18-27(3,4)24(33)42-14-13-38-41(36,29-16-20-9-7-6-8-10-20)39-17-21-15-19(2)23(40-21)31-12-11-22(32)30-25(31)34/h6-12,19,21,23H,5,13-18H2,1-4H3,(H,28,35)(H,29,36)(H,30,32,34)/t19-,21-,23+,41?/m0/s1. The number of ether oxygens (including phenoxy) is 2. The van der Waals surface area contributed by atoms with Gasteiger partial charge in [-0.3, -0.25) is 28.2 Å². The van der Waals surface area contributed by atoms with Crippen molar-refractivity contribution in [3.8, 4) is 0 Å². The van der Waals surface area contributed by atoms with Gasteiger partial charge in [0.1, 0.15) is 6.23 Å². The molecule has 1 amide bonds. The molecule has 2 aromatic rings. The molecule has 1 aliphatic heterocycles. The molecule has 0 aliphatic carbocycles. The van der Waals surface area contributed by atoms with Crippen LogP contribution in [0.25, 0.3) is 0 Å². The van der Waals surface area contributed by atoms with Crippen LogP contribution in [0.1, 0.15) is 45.9 Å². The van der Waals surface area contributed by atoms with Gasteiger partial charge in [0.05, 0.1) is 31.3 Å². The Morgan fingerprint density at radius 3 is 2.62 bits per heavy atom. The Bertz CT molecular complexity index is 1350. The summed E-state index contributed by atoms with van der Waals surface area (Å²) >= 11 is 1.00. The molecular weight excluding hydrogens is 587 g/mol. The summed E-state index contributed by atoms with van der Waals surface area (Å²) < 4.78 is 37.3. The quantitative estimate of drug-likeness (QED) is 0.196. The van der Waals surface area contributed by atoms with Gasteiger partial charge in [0, 0.05) is 37.0 Å². The van der Waals surface area contributed by atoms with Gasteiger partial charge < -0.3 is 14.8 Å². The highest BCUT2D eigenvalue weighted by atomic mass is 32.2. The van der Waals surface area contributed by atoms with Gasteiger partial charge in [-0.2, -0.15) is 0 Å². The minimum Gasteiger partial charge on any atom is -0.450 e. The van der Waals surface area contributed by atoms with Gasteiger partial charge in [-0.15, -0.1) is 0 Å². The van der Waals surface area contributed by atoms with Crippen molar-refractivity contribution in [2.24, 2.45) is 11.3 Å². The number of carbonyl (C=O) groups is 2. The van der Waals surface area contributed by atoms with Gasteiger partial charge in [-0.05, 0) is 18.9 Å². The fourth-order valence-electron chi connectivity index (χ4n) is 4.12. The first-order valence-electron chi connectivity index (χ1n) is 13.7. The van der Waals surface area contributed by atoms with E-state index in [2.05, 4.69) is 15.4 Å². The van der Waals surface area contributed by atoms with Crippen LogP contribution in [0, 0.1) is 11.3 Å². The van der Waals surface area contributed by atoms with Gasteiger partial charge in [-0.25, -0.2) is 19.2 Å². The molecule has 2 heterocycles. The first-order valence-corrected chi connectivity index (χ1v) is 16.2. The Balaban J connectivity index is 1.56. The zero-order chi connectivity index (χ0) is 30.8. The number of nitrogens with one attached hydrogen (secondary N) is 3. The number of carbonyl (C=O) groups excluding carboxylic acids is 2. The van der Waals surface area contributed by atoms with E-state index in [-0.39, 0.29) is 49.7 Å². The van der Waals surface area contributed by atoms with Gasteiger partial charge >= 0.3 is 19.5 Å². The number of hydrogen-bond donors (Lipinski definition) is 3. The summed E-state index contributed by atoms with van der Waals surface area (Å²) in [6.45, 7) is 7.45. The van der Waals surface area contributed by atoms with Crippen molar-refractivity contribution in [3.63, 3.8) is 0 Å². The summed E-state index contributed by atoms with van der Waals surface area (Å²) in [6.07, 6.45) is 0.210. The molecule has 15 heteroatoms. The Morgan fingerprint density at radius 1 is 1.19 bits per heavy atom. The van der Waals surface area contributed by atoms with Crippen molar-refractivity contribution >= 4 is 30.7 Å². The average molecular weight is 627 g/mol. The highest BCUT2D eigenvalue weighted by Gasteiger charge is 2.36. The molecule has 0 saturated carbocycles. The highest BCUT2D eigenvalue weighted by Crippen LogP contribution is 2.45. The molecule has 1 aromatic heterocycles. The number of thioether (sulfide) groups is 1. The first kappa shape index (κ1) is 33.8. The van der Waals surface area contributed by atoms with Crippen molar-refractivity contribution in [1.82, 2.24) is 20.0 Å². The minimum absolute atomic E-state index is 0.0474. The van der Waals surface area contributed by atoms with E-state index in [1.165, 1.54) is 16.8 Å². The predicted molar refractivity (Wildman–Crippen MR) is 158 cm³/mol. The zero-order valence-corrected chi connectivity index (χ0v) is 25.9. The van der Waals surface area contributed by atoms with Gasteiger partial charge in [0.15, 0.2) is 5.12 Å². The molecule has 1 unspecified atom stereocenters. The van der Waals surface area contributed by atoms with E-state index in [1.807, 2.05) is 37.3 Å². The van der Waals surface area contributed by atoms with Crippen LogP contribution in [0.3, 0.4) is 0 Å². The Kier molecular flexibility index (Phi) is 12.6. The van der Waals surface area contributed by atoms with E-state index in [1.54, 1.807) is 20.8 Å². The maximum Gasteiger partial charge on any atom is 0.407 e. The summed E-state index contributed by atoms with van der Waals surface area (Å²) in [5, 5.41) is 5.27. The summed E-state index contributed by atoms with van der Waals surface area (Å²) in [5.74, 6) is 0.125. The van der Waals surface area contributed by atoms with Crippen molar-refractivity contribution in [2.45, 2.75) is 53.0 Å². The highest BCUT2D eigenvalue weighted by molar-refractivity contribution is 8.13. The average Bonchev–Trinajstić information content (AvgIpc) is 3.33. The number of aromatic nitrogens is 2. The lowest BCUT2D eigenvalue weighted by atomic mass is 9.96. The van der Waals surface area contributed by atoms with Crippen LogP contribution in [0.15, 0.2) is 52.2 Å². The third kappa shape index (κ3) is 10.2. The zero-order valence-electron chi connectivity index (χ0n) is 24.2. The summed E-state index contributed by atoms with van der Waals surface area (Å²) in [5.41, 5.74) is -1.06. The Hall–Kier alpha value is -2.74. The number of aromatic amines is 1. The maximum atomic E-state index is 13.7. The van der Waals surface area contributed by atoms with Crippen LogP contribution in [0.4, 0.5) is 4.79 Å². The molecule has 1 fully saturated rings. The van der Waals surface area contributed by atoms with Crippen LogP contribution in [-0.4, -0.2) is 59.0 Å². The van der Waals surface area contributed by atoms with E-state index in [9.17, 15) is 23.7 Å². The van der Waals surface area contributed by atoms with Gasteiger partial charge in [-0.1, -0.05) is 62.9 Å². The topological polar surface area (TPSA) is 167 Å². The molecule has 1 aliphatic rings. The third-order valence-electron chi connectivity index (χ3n) is 6.41. The normalized spacial score (nSPS) is 20.1. The minimum atomic E-state index is -3.84. The van der Waals surface area contributed by atoms with Crippen LogP contribution in [0.2, 0.25) is 0 Å². The first-order chi connectivity index (χ1) is 19.9. The van der Waals surface area contributed by atoms with Gasteiger partial charge in [0.25, 0.3) is 5.56 Å². The number of amides is 1. The van der Waals surface area contributed by atoms with E-state index in [4.69, 9.17) is 18.5 Å². The lowest BCUT2D eigenvalue weighted by Crippen LogP contribution is -2.38.